The van der Waals surface area contributed by atoms with E-state index in [9.17, 15) is 9.59 Å². The van der Waals surface area contributed by atoms with Crippen LogP contribution in [0.4, 0.5) is 0 Å². The van der Waals surface area contributed by atoms with Crippen molar-refractivity contribution in [3.8, 4) is 0 Å². The van der Waals surface area contributed by atoms with Gasteiger partial charge in [-0.05, 0) is 34.9 Å². The maximum Gasteiger partial charge on any atom is 0.234 e. The molecule has 1 aromatic heterocycles. The molecule has 1 N–H and O–H groups in total. The molecule has 2 heterocycles. The van der Waals surface area contributed by atoms with Crippen molar-refractivity contribution in [2.24, 2.45) is 0 Å². The third-order valence-corrected chi connectivity index (χ3v) is 4.46. The van der Waals surface area contributed by atoms with Gasteiger partial charge in [0.05, 0.1) is 5.92 Å². The summed E-state index contributed by atoms with van der Waals surface area (Å²) in [5, 5.41) is 6.47. The molecule has 4 heteroatoms. The van der Waals surface area contributed by atoms with E-state index in [2.05, 4.69) is 5.32 Å². The van der Waals surface area contributed by atoms with Gasteiger partial charge in [0.2, 0.25) is 11.8 Å². The van der Waals surface area contributed by atoms with Crippen molar-refractivity contribution in [1.82, 2.24) is 5.32 Å². The SMILES string of the molecule is Cc1ccc(C2C(=O)NC(=O)CC2c2ccsc2)cc1. The van der Waals surface area contributed by atoms with Crippen LogP contribution in [0.25, 0.3) is 0 Å². The molecule has 1 aromatic carbocycles. The van der Waals surface area contributed by atoms with E-state index in [1.165, 1.54) is 0 Å². The van der Waals surface area contributed by atoms with E-state index >= 15 is 0 Å². The number of aryl methyl sites for hydroxylation is 1. The number of nitrogens with one attached hydrogen (secondary N) is 1. The summed E-state index contributed by atoms with van der Waals surface area (Å²) in [4.78, 5) is 23.9. The summed E-state index contributed by atoms with van der Waals surface area (Å²) >= 11 is 1.59. The molecule has 0 saturated carbocycles. The van der Waals surface area contributed by atoms with Crippen LogP contribution in [0.15, 0.2) is 41.1 Å². The Morgan fingerprint density at radius 3 is 2.50 bits per heavy atom. The van der Waals surface area contributed by atoms with Crippen molar-refractivity contribution in [3.63, 3.8) is 0 Å². The molecule has 2 atom stereocenters. The van der Waals surface area contributed by atoms with Gasteiger partial charge in [-0.1, -0.05) is 29.8 Å². The van der Waals surface area contributed by atoms with Gasteiger partial charge in [-0.25, -0.2) is 0 Å². The Hall–Kier alpha value is -1.94. The van der Waals surface area contributed by atoms with Crippen LogP contribution in [-0.4, -0.2) is 11.8 Å². The number of carbonyl (C=O) groups is 2. The predicted octanol–water partition coefficient (Wildman–Crippen LogP) is 2.97. The number of thiophene rings is 1. The summed E-state index contributed by atoms with van der Waals surface area (Å²) in [6.07, 6.45) is 0.362. The molecule has 2 unspecified atom stereocenters. The quantitative estimate of drug-likeness (QED) is 0.862. The van der Waals surface area contributed by atoms with Crippen LogP contribution in [-0.2, 0) is 9.59 Å². The van der Waals surface area contributed by atoms with Gasteiger partial charge in [0.25, 0.3) is 0 Å². The molecule has 0 radical (unpaired) electrons. The fourth-order valence-electron chi connectivity index (χ4n) is 2.72. The Morgan fingerprint density at radius 1 is 1.10 bits per heavy atom. The fourth-order valence-corrected chi connectivity index (χ4v) is 3.45. The minimum atomic E-state index is -0.289. The molecule has 1 fully saturated rings. The normalized spacial score (nSPS) is 22.6. The van der Waals surface area contributed by atoms with Crippen molar-refractivity contribution in [3.05, 3.63) is 57.8 Å². The summed E-state index contributed by atoms with van der Waals surface area (Å²) in [5.74, 6) is -0.732. The smallest absolute Gasteiger partial charge is 0.234 e. The molecule has 3 rings (SSSR count). The van der Waals surface area contributed by atoms with E-state index in [4.69, 9.17) is 0 Å². The average molecular weight is 285 g/mol. The third-order valence-electron chi connectivity index (χ3n) is 3.76. The zero-order valence-electron chi connectivity index (χ0n) is 11.1. The van der Waals surface area contributed by atoms with Gasteiger partial charge in [-0.3, -0.25) is 14.9 Å². The first kappa shape index (κ1) is 13.1. The van der Waals surface area contributed by atoms with Crippen LogP contribution in [0.3, 0.4) is 0 Å². The highest BCUT2D eigenvalue weighted by Crippen LogP contribution is 2.39. The monoisotopic (exact) mass is 285 g/mol. The van der Waals surface area contributed by atoms with Gasteiger partial charge in [0.1, 0.15) is 0 Å². The predicted molar refractivity (Wildman–Crippen MR) is 78.7 cm³/mol. The second-order valence-electron chi connectivity index (χ2n) is 5.17. The highest BCUT2D eigenvalue weighted by atomic mass is 32.1. The lowest BCUT2D eigenvalue weighted by molar-refractivity contribution is -0.135. The zero-order valence-corrected chi connectivity index (χ0v) is 11.9. The van der Waals surface area contributed by atoms with Crippen molar-refractivity contribution in [2.75, 3.05) is 0 Å². The van der Waals surface area contributed by atoms with Crippen molar-refractivity contribution < 1.29 is 9.59 Å². The molecule has 0 aliphatic carbocycles. The minimum absolute atomic E-state index is 0.0646. The topological polar surface area (TPSA) is 46.2 Å². The maximum atomic E-state index is 12.3. The average Bonchev–Trinajstić information content (AvgIpc) is 2.93. The number of carbonyl (C=O) groups excluding carboxylic acids is 2. The second kappa shape index (κ2) is 5.21. The molecular weight excluding hydrogens is 270 g/mol. The highest BCUT2D eigenvalue weighted by Gasteiger charge is 2.37. The van der Waals surface area contributed by atoms with E-state index in [-0.39, 0.29) is 23.7 Å². The minimum Gasteiger partial charge on any atom is -0.296 e. The van der Waals surface area contributed by atoms with Crippen molar-refractivity contribution in [2.45, 2.75) is 25.2 Å². The first-order valence-electron chi connectivity index (χ1n) is 6.57. The number of hydrogen-bond acceptors (Lipinski definition) is 3. The van der Waals surface area contributed by atoms with Crippen LogP contribution < -0.4 is 5.32 Å². The molecule has 102 valence electrons. The number of rotatable bonds is 2. The van der Waals surface area contributed by atoms with Gasteiger partial charge in [-0.2, -0.15) is 11.3 Å². The Bertz CT molecular complexity index is 631. The molecule has 0 bridgehead atoms. The highest BCUT2D eigenvalue weighted by molar-refractivity contribution is 7.08. The van der Waals surface area contributed by atoms with E-state index < -0.39 is 0 Å². The standard InChI is InChI=1S/C16H15NO2S/c1-10-2-4-11(5-3-10)15-13(12-6-7-20-9-12)8-14(18)17-16(15)19/h2-7,9,13,15H,8H2,1H3,(H,17,18,19). The number of hydrogen-bond donors (Lipinski definition) is 1. The number of amides is 2. The lowest BCUT2D eigenvalue weighted by Crippen LogP contribution is -2.43. The molecule has 1 aliphatic heterocycles. The van der Waals surface area contributed by atoms with Gasteiger partial charge in [0, 0.05) is 12.3 Å². The molecule has 2 aromatic rings. The molecular formula is C16H15NO2S. The van der Waals surface area contributed by atoms with Crippen LogP contribution in [0.1, 0.15) is 34.9 Å². The first-order valence-corrected chi connectivity index (χ1v) is 7.52. The lowest BCUT2D eigenvalue weighted by atomic mass is 9.77. The van der Waals surface area contributed by atoms with E-state index in [1.807, 2.05) is 48.0 Å². The fraction of sp³-hybridized carbons (Fsp3) is 0.250. The van der Waals surface area contributed by atoms with Crippen LogP contribution in [0, 0.1) is 6.92 Å². The molecule has 20 heavy (non-hydrogen) atoms. The van der Waals surface area contributed by atoms with E-state index in [0.29, 0.717) is 6.42 Å². The molecule has 2 amide bonds. The van der Waals surface area contributed by atoms with Crippen molar-refractivity contribution >= 4 is 23.2 Å². The Balaban J connectivity index is 2.01. The van der Waals surface area contributed by atoms with Crippen molar-refractivity contribution in [1.29, 1.82) is 0 Å². The molecule has 0 spiro atoms. The van der Waals surface area contributed by atoms with Gasteiger partial charge < -0.3 is 0 Å². The molecule has 1 saturated heterocycles. The molecule has 1 aliphatic rings. The second-order valence-corrected chi connectivity index (χ2v) is 5.95. The number of piperidine rings is 1. The Labute approximate surface area is 121 Å². The largest absolute Gasteiger partial charge is 0.296 e. The zero-order chi connectivity index (χ0) is 14.1. The van der Waals surface area contributed by atoms with Crippen LogP contribution in [0.2, 0.25) is 0 Å². The number of imide groups is 1. The van der Waals surface area contributed by atoms with Gasteiger partial charge in [-0.15, -0.1) is 0 Å². The number of benzene rings is 1. The van der Waals surface area contributed by atoms with Gasteiger partial charge in [0.15, 0.2) is 0 Å². The lowest BCUT2D eigenvalue weighted by Gasteiger charge is -2.30. The molecule has 3 nitrogen and oxygen atoms in total. The van der Waals surface area contributed by atoms with Crippen LogP contribution in [0.5, 0.6) is 0 Å². The van der Waals surface area contributed by atoms with E-state index in [1.54, 1.807) is 11.3 Å². The summed E-state index contributed by atoms with van der Waals surface area (Å²) in [6.45, 7) is 2.02. The summed E-state index contributed by atoms with van der Waals surface area (Å²) < 4.78 is 0. The summed E-state index contributed by atoms with van der Waals surface area (Å²) in [7, 11) is 0. The summed E-state index contributed by atoms with van der Waals surface area (Å²) in [5.41, 5.74) is 3.20. The Morgan fingerprint density at radius 2 is 1.85 bits per heavy atom. The first-order chi connectivity index (χ1) is 9.65. The third kappa shape index (κ3) is 2.39. The Kier molecular flexibility index (Phi) is 3.40. The van der Waals surface area contributed by atoms with E-state index in [0.717, 1.165) is 16.7 Å². The van der Waals surface area contributed by atoms with Gasteiger partial charge >= 0.3 is 0 Å². The summed E-state index contributed by atoms with van der Waals surface area (Å²) in [6, 6.07) is 9.97. The maximum absolute atomic E-state index is 12.3. The van der Waals surface area contributed by atoms with Crippen LogP contribution >= 0.6 is 11.3 Å².